The summed E-state index contributed by atoms with van der Waals surface area (Å²) in [5.41, 5.74) is 2.16. The van der Waals surface area contributed by atoms with Gasteiger partial charge in [-0.05, 0) is 55.3 Å². The van der Waals surface area contributed by atoms with Crippen LogP contribution in [0, 0.1) is 11.3 Å². The van der Waals surface area contributed by atoms with Crippen LogP contribution in [0.3, 0.4) is 0 Å². The number of carbonyl (C=O) groups is 1. The molecule has 33 heavy (non-hydrogen) atoms. The monoisotopic (exact) mass is 468 g/mol. The van der Waals surface area contributed by atoms with E-state index in [9.17, 15) is 13.2 Å². The number of morpholine rings is 1. The van der Waals surface area contributed by atoms with Crippen molar-refractivity contribution >= 4 is 27.3 Å². The smallest absolute Gasteiger partial charge is 0.255 e. The maximum Gasteiger partial charge on any atom is 0.255 e. The number of hydrogen-bond acceptors (Lipinski definition) is 6. The molecule has 9 heteroatoms. The number of carbonyl (C=O) groups excluding carboxylic acids is 1. The zero-order valence-corrected chi connectivity index (χ0v) is 19.3. The molecule has 4 rings (SSSR count). The van der Waals surface area contributed by atoms with Crippen molar-refractivity contribution in [2.75, 3.05) is 49.6 Å². The Morgan fingerprint density at radius 1 is 0.939 bits per heavy atom. The standard InChI is InChI=1S/C24H28N4O4S/c25-18-19-5-7-20(8-6-19)24(29)26-22-17-21(33(30,31)28-13-15-32-16-14-28)9-10-23(22)27-11-3-1-2-4-12-27/h5-10,17H,1-4,11-16H2,(H,26,29). The molecule has 1 amide bonds. The predicted molar refractivity (Wildman–Crippen MR) is 126 cm³/mol. The molecular weight excluding hydrogens is 440 g/mol. The van der Waals surface area contributed by atoms with Gasteiger partial charge in [0, 0.05) is 31.7 Å². The minimum absolute atomic E-state index is 0.151. The Morgan fingerprint density at radius 2 is 1.61 bits per heavy atom. The van der Waals surface area contributed by atoms with Gasteiger partial charge >= 0.3 is 0 Å². The number of benzene rings is 2. The summed E-state index contributed by atoms with van der Waals surface area (Å²) in [6.45, 7) is 3.07. The number of amides is 1. The van der Waals surface area contributed by atoms with Gasteiger partial charge in [0.15, 0.2) is 0 Å². The average Bonchev–Trinajstić information content (AvgIpc) is 3.14. The number of ether oxygens (including phenoxy) is 1. The number of hydrogen-bond donors (Lipinski definition) is 1. The highest BCUT2D eigenvalue weighted by atomic mass is 32.2. The first kappa shape index (κ1) is 23.2. The van der Waals surface area contributed by atoms with Crippen LogP contribution in [0.15, 0.2) is 47.4 Å². The lowest BCUT2D eigenvalue weighted by atomic mass is 10.1. The Morgan fingerprint density at radius 3 is 2.24 bits per heavy atom. The zero-order chi connectivity index (χ0) is 23.3. The molecule has 2 aromatic rings. The summed E-state index contributed by atoms with van der Waals surface area (Å²) >= 11 is 0. The van der Waals surface area contributed by atoms with E-state index in [4.69, 9.17) is 10.00 Å². The van der Waals surface area contributed by atoms with Crippen molar-refractivity contribution in [3.63, 3.8) is 0 Å². The number of nitriles is 1. The number of nitrogens with one attached hydrogen (secondary N) is 1. The first-order valence-corrected chi connectivity index (χ1v) is 12.7. The van der Waals surface area contributed by atoms with E-state index in [1.807, 2.05) is 6.07 Å². The van der Waals surface area contributed by atoms with Crippen molar-refractivity contribution in [2.45, 2.75) is 30.6 Å². The van der Waals surface area contributed by atoms with Gasteiger partial charge in [-0.25, -0.2) is 8.42 Å². The van der Waals surface area contributed by atoms with E-state index < -0.39 is 10.0 Å². The normalized spacial score (nSPS) is 17.7. The van der Waals surface area contributed by atoms with Gasteiger partial charge < -0.3 is 15.0 Å². The topological polar surface area (TPSA) is 103 Å². The van der Waals surface area contributed by atoms with E-state index in [0.717, 1.165) is 44.5 Å². The van der Waals surface area contributed by atoms with Crippen LogP contribution < -0.4 is 10.2 Å². The number of sulfonamides is 1. The summed E-state index contributed by atoms with van der Waals surface area (Å²) in [6.07, 6.45) is 4.42. The van der Waals surface area contributed by atoms with Crippen molar-refractivity contribution in [1.82, 2.24) is 4.31 Å². The third-order valence-corrected chi connectivity index (χ3v) is 7.94. The molecule has 1 N–H and O–H groups in total. The number of nitrogens with zero attached hydrogens (tertiary/aromatic N) is 3. The lowest BCUT2D eigenvalue weighted by Gasteiger charge is -2.28. The molecule has 0 saturated carbocycles. The summed E-state index contributed by atoms with van der Waals surface area (Å²) in [7, 11) is -3.70. The molecule has 0 unspecified atom stereocenters. The van der Waals surface area contributed by atoms with E-state index in [1.165, 1.54) is 4.31 Å². The van der Waals surface area contributed by atoms with E-state index >= 15 is 0 Å². The Kier molecular flexibility index (Phi) is 7.28. The third-order valence-electron chi connectivity index (χ3n) is 6.05. The number of anilines is 2. The van der Waals surface area contributed by atoms with Crippen LogP contribution in [0.25, 0.3) is 0 Å². The van der Waals surface area contributed by atoms with Crippen LogP contribution >= 0.6 is 0 Å². The van der Waals surface area contributed by atoms with E-state index in [2.05, 4.69) is 10.2 Å². The van der Waals surface area contributed by atoms with Crippen molar-refractivity contribution in [2.24, 2.45) is 0 Å². The SMILES string of the molecule is N#Cc1ccc(C(=O)Nc2cc(S(=O)(=O)N3CCOCC3)ccc2N2CCCCCC2)cc1. The fourth-order valence-electron chi connectivity index (χ4n) is 4.19. The quantitative estimate of drug-likeness (QED) is 0.723. The molecule has 2 heterocycles. The van der Waals surface area contributed by atoms with Gasteiger partial charge in [0.2, 0.25) is 10.0 Å². The molecule has 0 aromatic heterocycles. The van der Waals surface area contributed by atoms with Crippen molar-refractivity contribution < 1.29 is 17.9 Å². The maximum atomic E-state index is 13.2. The van der Waals surface area contributed by atoms with E-state index in [-0.39, 0.29) is 10.8 Å². The third kappa shape index (κ3) is 5.36. The minimum atomic E-state index is -3.70. The van der Waals surface area contributed by atoms with Gasteiger partial charge in [-0.1, -0.05) is 12.8 Å². The fraction of sp³-hybridized carbons (Fsp3) is 0.417. The summed E-state index contributed by atoms with van der Waals surface area (Å²) in [5, 5.41) is 11.9. The van der Waals surface area contributed by atoms with Crippen molar-refractivity contribution in [1.29, 1.82) is 5.26 Å². The van der Waals surface area contributed by atoms with Crippen molar-refractivity contribution in [3.05, 3.63) is 53.6 Å². The van der Waals surface area contributed by atoms with Crippen LogP contribution in [0.1, 0.15) is 41.6 Å². The predicted octanol–water partition coefficient (Wildman–Crippen LogP) is 3.21. The highest BCUT2D eigenvalue weighted by molar-refractivity contribution is 7.89. The zero-order valence-electron chi connectivity index (χ0n) is 18.5. The summed E-state index contributed by atoms with van der Waals surface area (Å²) < 4.78 is 33.2. The van der Waals surface area contributed by atoms with Gasteiger partial charge in [-0.3, -0.25) is 4.79 Å². The molecule has 8 nitrogen and oxygen atoms in total. The second kappa shape index (κ2) is 10.3. The summed E-state index contributed by atoms with van der Waals surface area (Å²) in [5.74, 6) is -0.350. The molecular formula is C24H28N4O4S. The van der Waals surface area contributed by atoms with E-state index in [0.29, 0.717) is 43.1 Å². The summed E-state index contributed by atoms with van der Waals surface area (Å²) in [6, 6.07) is 13.4. The summed E-state index contributed by atoms with van der Waals surface area (Å²) in [4.78, 5) is 15.4. The van der Waals surface area contributed by atoms with E-state index in [1.54, 1.807) is 42.5 Å². The Hall–Kier alpha value is -2.93. The first-order chi connectivity index (χ1) is 16.0. The van der Waals surface area contributed by atoms with Crippen LogP contribution in [0.4, 0.5) is 11.4 Å². The minimum Gasteiger partial charge on any atom is -0.379 e. The maximum absolute atomic E-state index is 13.2. The number of rotatable bonds is 5. The van der Waals surface area contributed by atoms with Crippen molar-refractivity contribution in [3.8, 4) is 6.07 Å². The molecule has 0 atom stereocenters. The van der Waals surface area contributed by atoms with Gasteiger partial charge in [-0.2, -0.15) is 9.57 Å². The van der Waals surface area contributed by atoms with Gasteiger partial charge in [0.1, 0.15) is 0 Å². The van der Waals surface area contributed by atoms with Crippen LogP contribution in [0.2, 0.25) is 0 Å². The molecule has 0 aliphatic carbocycles. The largest absolute Gasteiger partial charge is 0.379 e. The molecule has 2 saturated heterocycles. The highest BCUT2D eigenvalue weighted by Gasteiger charge is 2.28. The lowest BCUT2D eigenvalue weighted by molar-refractivity contribution is 0.0730. The Balaban J connectivity index is 1.68. The molecule has 2 fully saturated rings. The van der Waals surface area contributed by atoms with Gasteiger partial charge in [0.25, 0.3) is 5.91 Å². The molecule has 2 aliphatic rings. The van der Waals surface area contributed by atoms with Gasteiger partial charge in [-0.15, -0.1) is 0 Å². The molecule has 2 aliphatic heterocycles. The lowest BCUT2D eigenvalue weighted by Crippen LogP contribution is -2.40. The Labute approximate surface area is 194 Å². The molecule has 174 valence electrons. The average molecular weight is 469 g/mol. The molecule has 2 aromatic carbocycles. The second-order valence-electron chi connectivity index (χ2n) is 8.24. The Bertz CT molecular complexity index is 1130. The fourth-order valence-corrected chi connectivity index (χ4v) is 5.62. The van der Waals surface area contributed by atoms with Crippen LogP contribution in [0.5, 0.6) is 0 Å². The first-order valence-electron chi connectivity index (χ1n) is 11.3. The van der Waals surface area contributed by atoms with Gasteiger partial charge in [0.05, 0.1) is 41.1 Å². The molecule has 0 spiro atoms. The van der Waals surface area contributed by atoms with Crippen LogP contribution in [-0.4, -0.2) is 58.0 Å². The molecule has 0 bridgehead atoms. The molecule has 0 radical (unpaired) electrons. The van der Waals surface area contributed by atoms with Crippen LogP contribution in [-0.2, 0) is 14.8 Å². The highest BCUT2D eigenvalue weighted by Crippen LogP contribution is 2.32. The second-order valence-corrected chi connectivity index (χ2v) is 10.2.